The molecule has 0 unspecified atom stereocenters. The van der Waals surface area contributed by atoms with Gasteiger partial charge in [-0.3, -0.25) is 0 Å². The summed E-state index contributed by atoms with van der Waals surface area (Å²) < 4.78 is 1.44. The number of anilines is 1. The van der Waals surface area contributed by atoms with Crippen LogP contribution in [-0.4, -0.2) is 35.8 Å². The molecule has 0 amide bonds. The lowest BCUT2D eigenvalue weighted by atomic mass is 10.7. The fourth-order valence-electron chi connectivity index (χ4n) is 1.23. The van der Waals surface area contributed by atoms with Crippen LogP contribution in [0.1, 0.15) is 12.8 Å². The molecule has 0 bridgehead atoms. The van der Waals surface area contributed by atoms with E-state index >= 15 is 0 Å². The molecule has 0 aliphatic heterocycles. The van der Waals surface area contributed by atoms with E-state index in [0.717, 1.165) is 12.8 Å². The van der Waals surface area contributed by atoms with Crippen molar-refractivity contribution in [1.29, 1.82) is 0 Å². The fourth-order valence-corrected chi connectivity index (χ4v) is 1.38. The van der Waals surface area contributed by atoms with Crippen molar-refractivity contribution in [2.75, 3.05) is 5.32 Å². The average Bonchev–Trinajstić information content (AvgIpc) is 2.90. The summed E-state index contributed by atoms with van der Waals surface area (Å²) in [5.41, 5.74) is 0. The molecule has 8 heteroatoms. The minimum Gasteiger partial charge on any atom is -0.351 e. The molecule has 7 nitrogen and oxygen atoms in total. The highest BCUT2D eigenvalue weighted by atomic mass is 35.5. The van der Waals surface area contributed by atoms with E-state index in [9.17, 15) is 0 Å². The molecule has 0 radical (unpaired) electrons. The Kier molecular flexibility index (Phi) is 2.17. The molecule has 1 fully saturated rings. The first-order valence-electron chi connectivity index (χ1n) is 4.84. The minimum atomic E-state index is 0.142. The van der Waals surface area contributed by atoms with Gasteiger partial charge in [0, 0.05) is 6.04 Å². The van der Waals surface area contributed by atoms with Crippen LogP contribution in [0.25, 0.3) is 5.95 Å². The Morgan fingerprint density at radius 3 is 2.88 bits per heavy atom. The number of nitrogens with one attached hydrogen (secondary N) is 1. The predicted molar refractivity (Wildman–Crippen MR) is 56.4 cm³/mol. The van der Waals surface area contributed by atoms with Gasteiger partial charge >= 0.3 is 0 Å². The van der Waals surface area contributed by atoms with Gasteiger partial charge in [-0.2, -0.15) is 24.7 Å². The molecule has 1 aliphatic carbocycles. The lowest BCUT2D eigenvalue weighted by Crippen LogP contribution is -2.10. The third kappa shape index (κ3) is 1.94. The van der Waals surface area contributed by atoms with Crippen molar-refractivity contribution < 1.29 is 0 Å². The summed E-state index contributed by atoms with van der Waals surface area (Å²) >= 11 is 5.81. The molecule has 1 saturated carbocycles. The van der Waals surface area contributed by atoms with E-state index < -0.39 is 0 Å². The molecule has 0 atom stereocenters. The highest BCUT2D eigenvalue weighted by Gasteiger charge is 2.22. The first-order chi connectivity index (χ1) is 7.81. The smallest absolute Gasteiger partial charge is 0.258 e. The van der Waals surface area contributed by atoms with E-state index in [0.29, 0.717) is 17.9 Å². The monoisotopic (exact) mass is 237 g/mol. The van der Waals surface area contributed by atoms with Gasteiger partial charge in [0.1, 0.15) is 12.7 Å². The van der Waals surface area contributed by atoms with Gasteiger partial charge in [0.05, 0.1) is 0 Å². The average molecular weight is 238 g/mol. The summed E-state index contributed by atoms with van der Waals surface area (Å²) in [4.78, 5) is 16.0. The zero-order chi connectivity index (χ0) is 11.0. The molecule has 2 heterocycles. The molecule has 82 valence electrons. The zero-order valence-electron chi connectivity index (χ0n) is 8.21. The van der Waals surface area contributed by atoms with Crippen LogP contribution >= 0.6 is 11.6 Å². The number of rotatable bonds is 3. The van der Waals surface area contributed by atoms with E-state index in [1.165, 1.54) is 17.3 Å². The molecular weight excluding hydrogens is 230 g/mol. The van der Waals surface area contributed by atoms with Crippen molar-refractivity contribution in [3.8, 4) is 5.95 Å². The zero-order valence-corrected chi connectivity index (χ0v) is 8.96. The Labute approximate surface area is 95.9 Å². The molecule has 3 rings (SSSR count). The van der Waals surface area contributed by atoms with Crippen LogP contribution in [0, 0.1) is 0 Å². The van der Waals surface area contributed by atoms with Crippen molar-refractivity contribution in [1.82, 2.24) is 29.7 Å². The highest BCUT2D eigenvalue weighted by Crippen LogP contribution is 2.23. The molecule has 1 N–H and O–H groups in total. The third-order valence-electron chi connectivity index (χ3n) is 2.13. The maximum atomic E-state index is 5.81. The van der Waals surface area contributed by atoms with Crippen LogP contribution in [0.15, 0.2) is 12.7 Å². The van der Waals surface area contributed by atoms with E-state index in [2.05, 4.69) is 30.4 Å². The fraction of sp³-hybridized carbons (Fsp3) is 0.375. The van der Waals surface area contributed by atoms with Crippen LogP contribution in [0.4, 0.5) is 5.95 Å². The van der Waals surface area contributed by atoms with Gasteiger partial charge in [0.25, 0.3) is 5.95 Å². The number of nitrogens with zero attached hydrogens (tertiary/aromatic N) is 6. The predicted octanol–water partition coefficient (Wildman–Crippen LogP) is 0.680. The van der Waals surface area contributed by atoms with Gasteiger partial charge in [-0.25, -0.2) is 4.98 Å². The van der Waals surface area contributed by atoms with Crippen LogP contribution < -0.4 is 5.32 Å². The van der Waals surface area contributed by atoms with Gasteiger partial charge in [0.15, 0.2) is 0 Å². The molecular formula is C8H8ClN7. The van der Waals surface area contributed by atoms with Crippen molar-refractivity contribution in [2.45, 2.75) is 18.9 Å². The van der Waals surface area contributed by atoms with Gasteiger partial charge in [-0.15, -0.1) is 0 Å². The first kappa shape index (κ1) is 9.46. The molecule has 0 spiro atoms. The number of aromatic nitrogens is 6. The van der Waals surface area contributed by atoms with Crippen LogP contribution in [-0.2, 0) is 0 Å². The Morgan fingerprint density at radius 2 is 2.19 bits per heavy atom. The maximum absolute atomic E-state index is 5.81. The van der Waals surface area contributed by atoms with E-state index in [1.54, 1.807) is 0 Å². The Morgan fingerprint density at radius 1 is 1.31 bits per heavy atom. The second-order valence-corrected chi connectivity index (χ2v) is 3.82. The van der Waals surface area contributed by atoms with Crippen LogP contribution in [0.5, 0.6) is 0 Å². The summed E-state index contributed by atoms with van der Waals surface area (Å²) in [6, 6.07) is 0.460. The van der Waals surface area contributed by atoms with Gasteiger partial charge in [0.2, 0.25) is 11.2 Å². The topological polar surface area (TPSA) is 81.4 Å². The summed E-state index contributed by atoms with van der Waals surface area (Å²) in [6.45, 7) is 0. The molecule has 16 heavy (non-hydrogen) atoms. The van der Waals surface area contributed by atoms with Gasteiger partial charge < -0.3 is 5.32 Å². The van der Waals surface area contributed by atoms with Gasteiger partial charge in [-0.05, 0) is 24.4 Å². The summed E-state index contributed by atoms with van der Waals surface area (Å²) in [7, 11) is 0. The number of hydrogen-bond donors (Lipinski definition) is 1. The summed E-state index contributed by atoms with van der Waals surface area (Å²) in [5.74, 6) is 0.841. The highest BCUT2D eigenvalue weighted by molar-refractivity contribution is 6.28. The second kappa shape index (κ2) is 3.67. The quantitative estimate of drug-likeness (QED) is 0.846. The largest absolute Gasteiger partial charge is 0.351 e. The molecule has 0 saturated heterocycles. The van der Waals surface area contributed by atoms with E-state index in [-0.39, 0.29) is 5.28 Å². The van der Waals surface area contributed by atoms with Crippen molar-refractivity contribution in [3.63, 3.8) is 0 Å². The van der Waals surface area contributed by atoms with Crippen molar-refractivity contribution >= 4 is 17.5 Å². The third-order valence-corrected chi connectivity index (χ3v) is 2.30. The van der Waals surface area contributed by atoms with Crippen LogP contribution in [0.3, 0.4) is 0 Å². The molecule has 0 aromatic carbocycles. The lowest BCUT2D eigenvalue weighted by Gasteiger charge is -2.04. The summed E-state index contributed by atoms with van der Waals surface area (Å²) in [5, 5.41) is 7.22. The Bertz CT molecular complexity index is 493. The molecule has 2 aromatic rings. The SMILES string of the molecule is Clc1nc(NC2CC2)nc(-n2cncn2)n1. The van der Waals surface area contributed by atoms with Crippen molar-refractivity contribution in [2.24, 2.45) is 0 Å². The van der Waals surface area contributed by atoms with Crippen molar-refractivity contribution in [3.05, 3.63) is 17.9 Å². The summed E-state index contributed by atoms with van der Waals surface area (Å²) in [6.07, 6.45) is 5.20. The Balaban J connectivity index is 1.95. The number of hydrogen-bond acceptors (Lipinski definition) is 6. The van der Waals surface area contributed by atoms with Gasteiger partial charge in [-0.1, -0.05) is 0 Å². The van der Waals surface area contributed by atoms with Crippen LogP contribution in [0.2, 0.25) is 5.28 Å². The second-order valence-electron chi connectivity index (χ2n) is 3.49. The Hall–Kier alpha value is -1.76. The number of halogens is 1. The lowest BCUT2D eigenvalue weighted by molar-refractivity contribution is 0.793. The maximum Gasteiger partial charge on any atom is 0.258 e. The molecule has 1 aliphatic rings. The first-order valence-corrected chi connectivity index (χ1v) is 5.22. The van der Waals surface area contributed by atoms with E-state index in [1.807, 2.05) is 0 Å². The molecule has 2 aromatic heterocycles. The standard InChI is InChI=1S/C8H8ClN7/c9-6-13-7(12-5-1-2-5)15-8(14-6)16-4-10-3-11-16/h3-5H,1-2H2,(H,12,13,14,15). The van der Waals surface area contributed by atoms with E-state index in [4.69, 9.17) is 11.6 Å². The normalized spacial score (nSPS) is 15.1. The minimum absolute atomic E-state index is 0.142.